The molecule has 0 aromatic carbocycles. The lowest BCUT2D eigenvalue weighted by Crippen LogP contribution is -2.46. The Morgan fingerprint density at radius 1 is 0.483 bits per heavy atom. The van der Waals surface area contributed by atoms with Gasteiger partial charge in [0.05, 0.1) is 25.2 Å². The fourth-order valence-corrected chi connectivity index (χ4v) is 8.13. The van der Waals surface area contributed by atoms with Gasteiger partial charge in [0.2, 0.25) is 5.91 Å². The molecule has 3 unspecified atom stereocenters. The smallest absolute Gasteiger partial charge is 0.306 e. The van der Waals surface area contributed by atoms with E-state index in [-0.39, 0.29) is 24.9 Å². The first kappa shape index (κ1) is 56.6. The highest BCUT2D eigenvalue weighted by molar-refractivity contribution is 5.77. The third-order valence-electron chi connectivity index (χ3n) is 12.1. The van der Waals surface area contributed by atoms with Crippen molar-refractivity contribution in [2.24, 2.45) is 0 Å². The first-order chi connectivity index (χ1) is 28.5. The molecule has 0 aliphatic carbocycles. The summed E-state index contributed by atoms with van der Waals surface area (Å²) in [5, 5.41) is 23.7. The average Bonchev–Trinajstić information content (AvgIpc) is 3.22. The van der Waals surface area contributed by atoms with Crippen molar-refractivity contribution in [2.75, 3.05) is 6.61 Å². The topological polar surface area (TPSA) is 95.9 Å². The second-order valence-corrected chi connectivity index (χ2v) is 17.9. The molecule has 0 heterocycles. The Balaban J connectivity index is 4.50. The summed E-state index contributed by atoms with van der Waals surface area (Å²) in [5.41, 5.74) is 0. The summed E-state index contributed by atoms with van der Waals surface area (Å²) < 4.78 is 5.93. The molecule has 6 heteroatoms. The van der Waals surface area contributed by atoms with Gasteiger partial charge < -0.3 is 20.3 Å². The molecule has 0 saturated heterocycles. The minimum absolute atomic E-state index is 0.0828. The van der Waals surface area contributed by atoms with Crippen LogP contribution in [0.5, 0.6) is 0 Å². The second kappa shape index (κ2) is 46.7. The molecule has 0 aromatic rings. The summed E-state index contributed by atoms with van der Waals surface area (Å²) in [6, 6.07) is -0.694. The molecule has 58 heavy (non-hydrogen) atoms. The number of nitrogens with one attached hydrogen (secondary N) is 1. The van der Waals surface area contributed by atoms with E-state index in [0.29, 0.717) is 19.3 Å². The van der Waals surface area contributed by atoms with Crippen LogP contribution in [0.4, 0.5) is 0 Å². The van der Waals surface area contributed by atoms with Crippen LogP contribution in [0.3, 0.4) is 0 Å². The summed E-state index contributed by atoms with van der Waals surface area (Å²) in [6.45, 7) is 6.48. The Hall–Kier alpha value is -1.40. The van der Waals surface area contributed by atoms with Crippen LogP contribution in [0.15, 0.2) is 12.2 Å². The number of carbonyl (C=O) groups excluding carboxylic acids is 2. The van der Waals surface area contributed by atoms with E-state index in [1.54, 1.807) is 0 Å². The van der Waals surface area contributed by atoms with Crippen molar-refractivity contribution in [3.05, 3.63) is 12.2 Å². The van der Waals surface area contributed by atoms with Crippen LogP contribution >= 0.6 is 0 Å². The van der Waals surface area contributed by atoms with E-state index in [1.807, 2.05) is 0 Å². The van der Waals surface area contributed by atoms with Crippen molar-refractivity contribution >= 4 is 11.9 Å². The average molecular weight is 820 g/mol. The molecule has 0 saturated carbocycles. The van der Waals surface area contributed by atoms with Crippen LogP contribution in [0, 0.1) is 0 Å². The van der Waals surface area contributed by atoms with E-state index in [4.69, 9.17) is 4.74 Å². The van der Waals surface area contributed by atoms with Crippen molar-refractivity contribution in [1.29, 1.82) is 0 Å². The standard InChI is InChI=1S/C52H101NO5/c1-4-7-10-13-16-19-22-24-25-26-27-28-30-33-36-39-42-45-52(57)58-48(43-40-37-34-31-29-23-20-17-14-11-8-5-2)46-51(56)53-49(47-54)50(55)44-41-38-35-32-21-18-15-12-9-6-3/h24-25,48-50,54-55H,4-23,26-47H2,1-3H3,(H,53,56)/b25-24+. The van der Waals surface area contributed by atoms with Crippen LogP contribution in [0.2, 0.25) is 0 Å². The van der Waals surface area contributed by atoms with E-state index in [2.05, 4.69) is 38.2 Å². The molecular formula is C52H101NO5. The van der Waals surface area contributed by atoms with E-state index in [9.17, 15) is 19.8 Å². The number of hydrogen-bond donors (Lipinski definition) is 3. The summed E-state index contributed by atoms with van der Waals surface area (Å²) in [4.78, 5) is 26.1. The molecule has 3 N–H and O–H groups in total. The maximum absolute atomic E-state index is 13.2. The van der Waals surface area contributed by atoms with Crippen molar-refractivity contribution in [1.82, 2.24) is 5.32 Å². The first-order valence-corrected chi connectivity index (χ1v) is 25.9. The fraction of sp³-hybridized carbons (Fsp3) is 0.923. The zero-order chi connectivity index (χ0) is 42.4. The van der Waals surface area contributed by atoms with E-state index in [1.165, 1.54) is 193 Å². The minimum atomic E-state index is -0.781. The van der Waals surface area contributed by atoms with Crippen molar-refractivity contribution in [3.8, 4) is 0 Å². The summed E-state index contributed by atoms with van der Waals surface area (Å²) in [6.07, 6.45) is 51.3. The highest BCUT2D eigenvalue weighted by atomic mass is 16.5. The summed E-state index contributed by atoms with van der Waals surface area (Å²) >= 11 is 0. The quantitative estimate of drug-likeness (QED) is 0.0323. The van der Waals surface area contributed by atoms with Gasteiger partial charge in [0.15, 0.2) is 0 Å². The first-order valence-electron chi connectivity index (χ1n) is 25.9. The van der Waals surface area contributed by atoms with Gasteiger partial charge in [0.1, 0.15) is 6.10 Å². The highest BCUT2D eigenvalue weighted by Crippen LogP contribution is 2.18. The third kappa shape index (κ3) is 41.3. The molecule has 1 amide bonds. The van der Waals surface area contributed by atoms with Crippen LogP contribution in [0.25, 0.3) is 0 Å². The number of unbranched alkanes of at least 4 members (excludes halogenated alkanes) is 33. The molecule has 0 spiro atoms. The number of aliphatic hydroxyl groups excluding tert-OH is 2. The van der Waals surface area contributed by atoms with Crippen LogP contribution < -0.4 is 5.32 Å². The van der Waals surface area contributed by atoms with Gasteiger partial charge in [-0.2, -0.15) is 0 Å². The maximum Gasteiger partial charge on any atom is 0.306 e. The fourth-order valence-electron chi connectivity index (χ4n) is 8.13. The number of hydrogen-bond acceptors (Lipinski definition) is 5. The predicted octanol–water partition coefficient (Wildman–Crippen LogP) is 15.3. The SMILES string of the molecule is CCCCCCCC/C=C/CCCCCCCCCC(=O)OC(CCCCCCCCCCCCCC)CC(=O)NC(CO)C(O)CCCCCCCCCCCC. The van der Waals surface area contributed by atoms with Gasteiger partial charge in [-0.3, -0.25) is 9.59 Å². The second-order valence-electron chi connectivity index (χ2n) is 17.9. The largest absolute Gasteiger partial charge is 0.462 e. The summed E-state index contributed by atoms with van der Waals surface area (Å²) in [7, 11) is 0. The molecule has 0 aliphatic rings. The lowest BCUT2D eigenvalue weighted by Gasteiger charge is -2.24. The number of ether oxygens (including phenoxy) is 1. The molecular weight excluding hydrogens is 719 g/mol. The number of esters is 1. The number of carbonyl (C=O) groups is 2. The van der Waals surface area contributed by atoms with Crippen LogP contribution in [-0.2, 0) is 14.3 Å². The van der Waals surface area contributed by atoms with Gasteiger partial charge in [-0.25, -0.2) is 0 Å². The van der Waals surface area contributed by atoms with E-state index >= 15 is 0 Å². The molecule has 3 atom stereocenters. The Morgan fingerprint density at radius 3 is 1.22 bits per heavy atom. The van der Waals surface area contributed by atoms with Crippen molar-refractivity contribution in [2.45, 2.75) is 302 Å². The molecule has 344 valence electrons. The lowest BCUT2D eigenvalue weighted by molar-refractivity contribution is -0.151. The normalized spacial score (nSPS) is 13.3. The predicted molar refractivity (Wildman–Crippen MR) is 250 cm³/mol. The van der Waals surface area contributed by atoms with Gasteiger partial charge in [0, 0.05) is 6.42 Å². The lowest BCUT2D eigenvalue weighted by atomic mass is 10.0. The van der Waals surface area contributed by atoms with Gasteiger partial charge in [-0.05, 0) is 51.4 Å². The Labute approximate surface area is 361 Å². The highest BCUT2D eigenvalue weighted by Gasteiger charge is 2.24. The molecule has 0 aliphatic heterocycles. The number of rotatable bonds is 47. The van der Waals surface area contributed by atoms with Crippen LogP contribution in [0.1, 0.15) is 284 Å². The molecule has 0 rings (SSSR count). The summed E-state index contributed by atoms with van der Waals surface area (Å²) in [5.74, 6) is -0.463. The minimum Gasteiger partial charge on any atom is -0.462 e. The molecule has 0 fully saturated rings. The monoisotopic (exact) mass is 820 g/mol. The molecule has 0 radical (unpaired) electrons. The van der Waals surface area contributed by atoms with Gasteiger partial charge >= 0.3 is 5.97 Å². The Morgan fingerprint density at radius 2 is 0.828 bits per heavy atom. The molecule has 0 aromatic heterocycles. The number of amides is 1. The zero-order valence-electron chi connectivity index (χ0n) is 39.2. The van der Waals surface area contributed by atoms with Crippen molar-refractivity contribution in [3.63, 3.8) is 0 Å². The number of aliphatic hydroxyl groups is 2. The van der Waals surface area contributed by atoms with Crippen molar-refractivity contribution < 1.29 is 24.5 Å². The van der Waals surface area contributed by atoms with Gasteiger partial charge in [-0.15, -0.1) is 0 Å². The van der Waals surface area contributed by atoms with E-state index < -0.39 is 18.2 Å². The zero-order valence-corrected chi connectivity index (χ0v) is 39.2. The molecule has 0 bridgehead atoms. The Bertz CT molecular complexity index is 878. The molecule has 6 nitrogen and oxygen atoms in total. The third-order valence-corrected chi connectivity index (χ3v) is 12.1. The van der Waals surface area contributed by atoms with Gasteiger partial charge in [-0.1, -0.05) is 232 Å². The van der Waals surface area contributed by atoms with E-state index in [0.717, 1.165) is 44.9 Å². The van der Waals surface area contributed by atoms with Gasteiger partial charge in [0.25, 0.3) is 0 Å². The maximum atomic E-state index is 13.2. The Kier molecular flexibility index (Phi) is 45.5. The van der Waals surface area contributed by atoms with Crippen LogP contribution in [-0.4, -0.2) is 46.9 Å². The number of allylic oxidation sites excluding steroid dienone is 2.